The van der Waals surface area contributed by atoms with Gasteiger partial charge in [-0.1, -0.05) is 18.2 Å². The van der Waals surface area contributed by atoms with Crippen LogP contribution in [0.4, 0.5) is 0 Å². The van der Waals surface area contributed by atoms with Crippen LogP contribution in [0.5, 0.6) is 0 Å². The molecule has 4 aromatic rings. The Morgan fingerprint density at radius 2 is 1.88 bits per heavy atom. The van der Waals surface area contributed by atoms with Crippen LogP contribution in [0.15, 0.2) is 58.3 Å². The van der Waals surface area contributed by atoms with E-state index in [1.807, 2.05) is 52.1 Å². The minimum Gasteiger partial charge on any atom is -0.339 e. The molecule has 0 spiro atoms. The molecule has 0 saturated carbocycles. The van der Waals surface area contributed by atoms with Crippen LogP contribution in [0, 0.1) is 11.3 Å². The average Bonchev–Trinajstić information content (AvgIpc) is 3.52. The number of aromatic nitrogens is 2. The molecule has 5 rings (SSSR count). The predicted octanol–water partition coefficient (Wildman–Crippen LogP) is 3.40. The van der Waals surface area contributed by atoms with Crippen LogP contribution in [0.2, 0.25) is 0 Å². The number of rotatable bonds is 5. The molecule has 0 radical (unpaired) electrons. The maximum atomic E-state index is 13.2. The fourth-order valence-corrected chi connectivity index (χ4v) is 5.76. The molecule has 166 valence electrons. The van der Waals surface area contributed by atoms with Crippen molar-refractivity contribution in [2.24, 2.45) is 0 Å². The molecular weight excluding hydrogens is 454 g/mol. The molecule has 3 aromatic heterocycles. The van der Waals surface area contributed by atoms with Gasteiger partial charge in [0, 0.05) is 48.5 Å². The highest BCUT2D eigenvalue weighted by Crippen LogP contribution is 2.33. The summed E-state index contributed by atoms with van der Waals surface area (Å²) in [5.41, 5.74) is 2.53. The van der Waals surface area contributed by atoms with Gasteiger partial charge in [-0.15, -0.1) is 22.7 Å². The lowest BCUT2D eigenvalue weighted by Gasteiger charge is -2.34. The molecule has 4 heterocycles. The van der Waals surface area contributed by atoms with Gasteiger partial charge >= 0.3 is 0 Å². The van der Waals surface area contributed by atoms with E-state index < -0.39 is 0 Å². The number of piperazine rings is 1. The summed E-state index contributed by atoms with van der Waals surface area (Å²) in [5, 5.41) is 13.5. The second kappa shape index (κ2) is 9.27. The maximum absolute atomic E-state index is 13.2. The second-order valence-electron chi connectivity index (χ2n) is 7.95. The first-order valence-corrected chi connectivity index (χ1v) is 12.4. The highest BCUT2D eigenvalue weighted by molar-refractivity contribution is 7.18. The molecule has 1 aliphatic heterocycles. The van der Waals surface area contributed by atoms with E-state index in [0.717, 1.165) is 35.6 Å². The van der Waals surface area contributed by atoms with Crippen molar-refractivity contribution in [1.82, 2.24) is 19.4 Å². The summed E-state index contributed by atoms with van der Waals surface area (Å²) in [4.78, 5) is 36.4. The highest BCUT2D eigenvalue weighted by Gasteiger charge is 2.22. The van der Waals surface area contributed by atoms with Gasteiger partial charge in [0.25, 0.3) is 5.56 Å². The number of carbonyl (C=O) groups excluding carboxylic acids is 1. The number of benzene rings is 1. The van der Waals surface area contributed by atoms with E-state index in [-0.39, 0.29) is 18.0 Å². The number of nitrogens with zero attached hydrogens (tertiary/aromatic N) is 5. The lowest BCUT2D eigenvalue weighted by molar-refractivity contribution is -0.133. The minimum atomic E-state index is -0.169. The molecule has 33 heavy (non-hydrogen) atoms. The highest BCUT2D eigenvalue weighted by atomic mass is 32.1. The summed E-state index contributed by atoms with van der Waals surface area (Å²) < 4.78 is 1.43. The number of hydrogen-bond donors (Lipinski definition) is 0. The Bertz CT molecular complexity index is 1380. The van der Waals surface area contributed by atoms with Crippen molar-refractivity contribution >= 4 is 38.8 Å². The lowest BCUT2D eigenvalue weighted by atomic mass is 10.1. The summed E-state index contributed by atoms with van der Waals surface area (Å²) >= 11 is 3.04. The maximum Gasteiger partial charge on any atom is 0.263 e. The lowest BCUT2D eigenvalue weighted by Crippen LogP contribution is -2.49. The third-order valence-corrected chi connectivity index (χ3v) is 7.66. The van der Waals surface area contributed by atoms with Crippen molar-refractivity contribution in [3.63, 3.8) is 0 Å². The van der Waals surface area contributed by atoms with Crippen LogP contribution in [-0.2, 0) is 17.9 Å². The quantitative estimate of drug-likeness (QED) is 0.442. The first-order valence-electron chi connectivity index (χ1n) is 10.6. The Labute approximate surface area is 198 Å². The third-order valence-electron chi connectivity index (χ3n) is 5.87. The zero-order chi connectivity index (χ0) is 22.8. The van der Waals surface area contributed by atoms with Crippen molar-refractivity contribution in [3.8, 4) is 16.5 Å². The smallest absolute Gasteiger partial charge is 0.263 e. The molecule has 9 heteroatoms. The number of amides is 1. The fraction of sp³-hybridized carbons (Fsp3) is 0.250. The van der Waals surface area contributed by atoms with E-state index in [9.17, 15) is 9.59 Å². The molecule has 0 aliphatic carbocycles. The van der Waals surface area contributed by atoms with E-state index in [1.54, 1.807) is 11.3 Å². The Kier molecular flexibility index (Phi) is 6.05. The molecule has 1 fully saturated rings. The Morgan fingerprint density at radius 3 is 2.58 bits per heavy atom. The summed E-state index contributed by atoms with van der Waals surface area (Å²) in [6.45, 7) is 3.57. The number of nitriles is 1. The second-order valence-corrected chi connectivity index (χ2v) is 9.76. The van der Waals surface area contributed by atoms with Gasteiger partial charge in [-0.3, -0.25) is 19.1 Å². The summed E-state index contributed by atoms with van der Waals surface area (Å²) in [6.07, 6.45) is 1.48. The largest absolute Gasteiger partial charge is 0.339 e. The third kappa shape index (κ3) is 4.46. The molecule has 7 nitrogen and oxygen atoms in total. The van der Waals surface area contributed by atoms with Crippen molar-refractivity contribution in [2.75, 3.05) is 26.2 Å². The topological polar surface area (TPSA) is 82.2 Å². The van der Waals surface area contributed by atoms with E-state index in [4.69, 9.17) is 5.26 Å². The monoisotopic (exact) mass is 475 g/mol. The summed E-state index contributed by atoms with van der Waals surface area (Å²) in [7, 11) is 0. The molecule has 1 amide bonds. The van der Waals surface area contributed by atoms with Crippen LogP contribution in [-0.4, -0.2) is 51.4 Å². The molecule has 0 N–H and O–H groups in total. The molecule has 1 aliphatic rings. The van der Waals surface area contributed by atoms with Crippen LogP contribution >= 0.6 is 22.7 Å². The van der Waals surface area contributed by atoms with E-state index in [0.29, 0.717) is 28.9 Å². The van der Waals surface area contributed by atoms with Gasteiger partial charge in [-0.05, 0) is 29.1 Å². The summed E-state index contributed by atoms with van der Waals surface area (Å²) in [6, 6.07) is 13.7. The normalized spacial score (nSPS) is 14.5. The van der Waals surface area contributed by atoms with Crippen molar-refractivity contribution < 1.29 is 4.79 Å². The van der Waals surface area contributed by atoms with Gasteiger partial charge in [0.1, 0.15) is 11.4 Å². The Hall–Kier alpha value is -3.32. The molecule has 0 bridgehead atoms. The van der Waals surface area contributed by atoms with Gasteiger partial charge in [-0.2, -0.15) is 5.26 Å². The van der Waals surface area contributed by atoms with E-state index >= 15 is 0 Å². The van der Waals surface area contributed by atoms with Crippen molar-refractivity contribution in [2.45, 2.75) is 13.1 Å². The molecule has 0 atom stereocenters. The molecule has 1 aromatic carbocycles. The predicted molar refractivity (Wildman–Crippen MR) is 130 cm³/mol. The van der Waals surface area contributed by atoms with Crippen LogP contribution in [0.1, 0.15) is 11.1 Å². The molecular formula is C24H21N5O2S2. The van der Waals surface area contributed by atoms with E-state index in [1.165, 1.54) is 22.2 Å². The van der Waals surface area contributed by atoms with Crippen molar-refractivity contribution in [3.05, 3.63) is 75.0 Å². The average molecular weight is 476 g/mol. The van der Waals surface area contributed by atoms with Gasteiger partial charge in [0.15, 0.2) is 0 Å². The minimum absolute atomic E-state index is 0.00285. The number of thiophene rings is 2. The van der Waals surface area contributed by atoms with Gasteiger partial charge in [-0.25, -0.2) is 4.98 Å². The Morgan fingerprint density at radius 1 is 1.09 bits per heavy atom. The van der Waals surface area contributed by atoms with Gasteiger partial charge in [0.2, 0.25) is 5.91 Å². The standard InChI is InChI=1S/C24H21N5O2S2/c25-12-17-3-5-18(6-4-17)13-27-7-9-28(10-8-27)21(30)14-29-16-26-23-22(24(29)31)19(15-33-23)20-2-1-11-32-20/h1-6,11,15-16H,7-10,13-14H2. The zero-order valence-electron chi connectivity index (χ0n) is 17.8. The van der Waals surface area contributed by atoms with Gasteiger partial charge in [0.05, 0.1) is 23.3 Å². The SMILES string of the molecule is N#Cc1ccc(CN2CCN(C(=O)Cn3cnc4scc(-c5cccs5)c4c3=O)CC2)cc1. The van der Waals surface area contributed by atoms with Crippen LogP contribution in [0.25, 0.3) is 20.7 Å². The number of hydrogen-bond acceptors (Lipinski definition) is 7. The van der Waals surface area contributed by atoms with Crippen molar-refractivity contribution in [1.29, 1.82) is 5.26 Å². The first-order chi connectivity index (χ1) is 16.1. The first kappa shape index (κ1) is 21.5. The number of fused-ring (bicyclic) bond motifs is 1. The van der Waals surface area contributed by atoms with E-state index in [2.05, 4.69) is 16.0 Å². The van der Waals surface area contributed by atoms with Crippen LogP contribution in [0.3, 0.4) is 0 Å². The van der Waals surface area contributed by atoms with Gasteiger partial charge < -0.3 is 4.90 Å². The fourth-order valence-electron chi connectivity index (χ4n) is 4.04. The zero-order valence-corrected chi connectivity index (χ0v) is 19.4. The van der Waals surface area contributed by atoms with Crippen LogP contribution < -0.4 is 5.56 Å². The Balaban J connectivity index is 1.24. The number of carbonyl (C=O) groups is 1. The molecule has 1 saturated heterocycles. The summed E-state index contributed by atoms with van der Waals surface area (Å²) in [5.74, 6) is -0.0656. The molecule has 0 unspecified atom stereocenters.